The van der Waals surface area contributed by atoms with Crippen LogP contribution in [0.2, 0.25) is 0 Å². The van der Waals surface area contributed by atoms with Crippen LogP contribution in [0.15, 0.2) is 52.3 Å². The first-order chi connectivity index (χ1) is 9.69. The Balaban J connectivity index is 1.99. The minimum absolute atomic E-state index is 0.0598. The number of fused-ring (bicyclic) bond motifs is 1. The van der Waals surface area contributed by atoms with Crippen LogP contribution in [0, 0.1) is 5.82 Å². The summed E-state index contributed by atoms with van der Waals surface area (Å²) in [5.41, 5.74) is 2.82. The van der Waals surface area contributed by atoms with Crippen LogP contribution in [0.25, 0.3) is 6.08 Å². The molecule has 0 aromatic heterocycles. The fourth-order valence-corrected chi connectivity index (χ4v) is 3.49. The number of carbonyl (C=O) groups is 1. The van der Waals surface area contributed by atoms with Gasteiger partial charge in [0.15, 0.2) is 0 Å². The summed E-state index contributed by atoms with van der Waals surface area (Å²) in [7, 11) is 0. The van der Waals surface area contributed by atoms with E-state index in [0.29, 0.717) is 4.91 Å². The topological polar surface area (TPSA) is 17.1 Å². The molecule has 0 saturated heterocycles. The van der Waals surface area contributed by atoms with E-state index in [2.05, 4.69) is 13.0 Å². The minimum atomic E-state index is -0.269. The van der Waals surface area contributed by atoms with Crippen LogP contribution in [-0.4, -0.2) is 5.78 Å². The standard InChI is InChI=1S/C17H13FOS/c1-2-12-4-3-5-14-16(19)15(20-17(12)14)10-11-6-8-13(18)9-7-11/h3-10H,2H2,1H3/b15-10+. The number of benzene rings is 2. The van der Waals surface area contributed by atoms with Gasteiger partial charge in [0, 0.05) is 10.5 Å². The molecule has 0 amide bonds. The van der Waals surface area contributed by atoms with Gasteiger partial charge in [0.2, 0.25) is 5.78 Å². The second-order valence-corrected chi connectivity index (χ2v) is 5.69. The lowest BCUT2D eigenvalue weighted by Gasteiger charge is -2.02. The molecule has 0 fully saturated rings. The molecule has 100 valence electrons. The molecule has 0 unspecified atom stereocenters. The van der Waals surface area contributed by atoms with Gasteiger partial charge in [-0.05, 0) is 41.8 Å². The van der Waals surface area contributed by atoms with Crippen molar-refractivity contribution in [2.24, 2.45) is 0 Å². The Hall–Kier alpha value is -1.87. The molecule has 3 heteroatoms. The molecule has 0 bridgehead atoms. The number of hydrogen-bond acceptors (Lipinski definition) is 2. The van der Waals surface area contributed by atoms with E-state index in [1.54, 1.807) is 12.1 Å². The second-order valence-electron chi connectivity index (χ2n) is 4.64. The van der Waals surface area contributed by atoms with Crippen LogP contribution in [0.4, 0.5) is 4.39 Å². The number of allylic oxidation sites excluding steroid dienone is 1. The molecule has 20 heavy (non-hydrogen) atoms. The molecule has 0 N–H and O–H groups in total. The number of rotatable bonds is 2. The van der Waals surface area contributed by atoms with Gasteiger partial charge >= 0.3 is 0 Å². The van der Waals surface area contributed by atoms with Gasteiger partial charge in [0.1, 0.15) is 5.82 Å². The Morgan fingerprint density at radius 3 is 2.60 bits per heavy atom. The van der Waals surface area contributed by atoms with Crippen molar-refractivity contribution in [3.05, 3.63) is 69.9 Å². The monoisotopic (exact) mass is 284 g/mol. The molecular formula is C17H13FOS. The predicted molar refractivity (Wildman–Crippen MR) is 80.4 cm³/mol. The lowest BCUT2D eigenvalue weighted by Crippen LogP contribution is -1.95. The number of thioether (sulfide) groups is 1. The molecule has 2 aromatic rings. The highest BCUT2D eigenvalue weighted by Crippen LogP contribution is 2.42. The fourth-order valence-electron chi connectivity index (χ4n) is 2.26. The number of halogens is 1. The van der Waals surface area contributed by atoms with Gasteiger partial charge in [-0.2, -0.15) is 0 Å². The zero-order valence-electron chi connectivity index (χ0n) is 11.0. The van der Waals surface area contributed by atoms with Gasteiger partial charge in [-0.15, -0.1) is 0 Å². The molecule has 1 heterocycles. The predicted octanol–water partition coefficient (Wildman–Crippen LogP) is 4.72. The van der Waals surface area contributed by atoms with Crippen molar-refractivity contribution in [1.82, 2.24) is 0 Å². The summed E-state index contributed by atoms with van der Waals surface area (Å²) in [6.07, 6.45) is 2.74. The lowest BCUT2D eigenvalue weighted by atomic mass is 10.0. The fraction of sp³-hybridized carbons (Fsp3) is 0.118. The zero-order valence-corrected chi connectivity index (χ0v) is 11.8. The molecule has 0 atom stereocenters. The third kappa shape index (κ3) is 2.29. The van der Waals surface area contributed by atoms with Crippen molar-refractivity contribution in [1.29, 1.82) is 0 Å². The summed E-state index contributed by atoms with van der Waals surface area (Å²) >= 11 is 1.51. The highest BCUT2D eigenvalue weighted by Gasteiger charge is 2.27. The molecule has 0 spiro atoms. The highest BCUT2D eigenvalue weighted by molar-refractivity contribution is 8.05. The molecule has 0 aliphatic carbocycles. The van der Waals surface area contributed by atoms with Crippen molar-refractivity contribution in [3.63, 3.8) is 0 Å². The Kier molecular flexibility index (Phi) is 3.45. The second kappa shape index (κ2) is 5.25. The summed E-state index contributed by atoms with van der Waals surface area (Å²) in [4.78, 5) is 14.1. The minimum Gasteiger partial charge on any atom is -0.288 e. The number of carbonyl (C=O) groups excluding carboxylic acids is 1. The van der Waals surface area contributed by atoms with Crippen molar-refractivity contribution >= 4 is 23.6 Å². The van der Waals surface area contributed by atoms with E-state index in [4.69, 9.17) is 0 Å². The first-order valence-corrected chi connectivity index (χ1v) is 7.32. The third-order valence-corrected chi connectivity index (χ3v) is 4.54. The van der Waals surface area contributed by atoms with E-state index in [0.717, 1.165) is 22.4 Å². The summed E-state index contributed by atoms with van der Waals surface area (Å²) in [6.45, 7) is 2.09. The largest absolute Gasteiger partial charge is 0.288 e. The Morgan fingerprint density at radius 1 is 1.15 bits per heavy atom. The van der Waals surface area contributed by atoms with E-state index < -0.39 is 0 Å². The number of aryl methyl sites for hydroxylation is 1. The van der Waals surface area contributed by atoms with Gasteiger partial charge in [-0.1, -0.05) is 43.0 Å². The molecular weight excluding hydrogens is 271 g/mol. The van der Waals surface area contributed by atoms with Crippen molar-refractivity contribution in [2.45, 2.75) is 18.2 Å². The van der Waals surface area contributed by atoms with Crippen LogP contribution >= 0.6 is 11.8 Å². The van der Waals surface area contributed by atoms with Gasteiger partial charge in [-0.25, -0.2) is 4.39 Å². The first kappa shape index (κ1) is 13.1. The van der Waals surface area contributed by atoms with Gasteiger partial charge in [-0.3, -0.25) is 4.79 Å². The summed E-state index contributed by atoms with van der Waals surface area (Å²) in [6, 6.07) is 12.0. The van der Waals surface area contributed by atoms with Gasteiger partial charge in [0.05, 0.1) is 4.91 Å². The lowest BCUT2D eigenvalue weighted by molar-refractivity contribution is 0.104. The molecule has 1 aliphatic rings. The van der Waals surface area contributed by atoms with Gasteiger partial charge in [0.25, 0.3) is 0 Å². The first-order valence-electron chi connectivity index (χ1n) is 6.50. The van der Waals surface area contributed by atoms with E-state index in [-0.39, 0.29) is 11.6 Å². The van der Waals surface area contributed by atoms with Crippen LogP contribution < -0.4 is 0 Å². The SMILES string of the molecule is CCc1cccc2c1S/C(=C/c1ccc(F)cc1)C2=O. The van der Waals surface area contributed by atoms with E-state index in [1.165, 1.54) is 29.5 Å². The van der Waals surface area contributed by atoms with Crippen LogP contribution in [0.1, 0.15) is 28.4 Å². The average molecular weight is 284 g/mol. The highest BCUT2D eigenvalue weighted by atomic mass is 32.2. The van der Waals surface area contributed by atoms with E-state index >= 15 is 0 Å². The summed E-state index contributed by atoms with van der Waals surface area (Å²) in [5.74, 6) is -0.210. The molecule has 1 aliphatic heterocycles. The van der Waals surface area contributed by atoms with E-state index in [1.807, 2.05) is 18.2 Å². The maximum atomic E-state index is 12.9. The number of Topliss-reactive ketones (excluding diaryl/α,β-unsaturated/α-hetero) is 1. The molecule has 0 radical (unpaired) electrons. The smallest absolute Gasteiger partial charge is 0.200 e. The Labute approximate surface area is 121 Å². The Morgan fingerprint density at radius 2 is 1.90 bits per heavy atom. The average Bonchev–Trinajstić information content (AvgIpc) is 2.78. The number of ketones is 1. The van der Waals surface area contributed by atoms with Crippen molar-refractivity contribution in [3.8, 4) is 0 Å². The number of hydrogen-bond donors (Lipinski definition) is 0. The molecule has 2 aromatic carbocycles. The molecule has 3 rings (SSSR count). The van der Waals surface area contributed by atoms with Crippen molar-refractivity contribution in [2.75, 3.05) is 0 Å². The van der Waals surface area contributed by atoms with Crippen LogP contribution in [-0.2, 0) is 6.42 Å². The quantitative estimate of drug-likeness (QED) is 0.742. The molecule has 1 nitrogen and oxygen atoms in total. The third-order valence-electron chi connectivity index (χ3n) is 3.33. The Bertz CT molecular complexity index is 701. The van der Waals surface area contributed by atoms with E-state index in [9.17, 15) is 9.18 Å². The van der Waals surface area contributed by atoms with Crippen molar-refractivity contribution < 1.29 is 9.18 Å². The summed E-state index contributed by atoms with van der Waals surface area (Å²) in [5, 5.41) is 0. The normalized spacial score (nSPS) is 15.7. The van der Waals surface area contributed by atoms with Crippen LogP contribution in [0.3, 0.4) is 0 Å². The summed E-state index contributed by atoms with van der Waals surface area (Å²) < 4.78 is 12.9. The molecule has 0 saturated carbocycles. The maximum Gasteiger partial charge on any atom is 0.200 e. The maximum absolute atomic E-state index is 12.9. The van der Waals surface area contributed by atoms with Gasteiger partial charge < -0.3 is 0 Å². The zero-order chi connectivity index (χ0) is 14.1. The van der Waals surface area contributed by atoms with Crippen LogP contribution in [0.5, 0.6) is 0 Å².